The third kappa shape index (κ3) is 1.69. The maximum atomic E-state index is 10.2. The fourth-order valence-corrected chi connectivity index (χ4v) is 3.00. The summed E-state index contributed by atoms with van der Waals surface area (Å²) in [6.45, 7) is 0. The van der Waals surface area contributed by atoms with Gasteiger partial charge in [-0.25, -0.2) is 0 Å². The van der Waals surface area contributed by atoms with Crippen molar-refractivity contribution >= 4 is 27.1 Å². The molecule has 3 heteroatoms. The fourth-order valence-electron chi connectivity index (χ4n) is 1.94. The van der Waals surface area contributed by atoms with E-state index in [1.807, 2.05) is 54.6 Å². The molecule has 0 aliphatic heterocycles. The third-order valence-electron chi connectivity index (χ3n) is 2.86. The normalized spacial score (nSPS) is 10.7. The summed E-state index contributed by atoms with van der Waals surface area (Å²) in [6.07, 6.45) is 0. The summed E-state index contributed by atoms with van der Waals surface area (Å²) in [7, 11) is 0. The van der Waals surface area contributed by atoms with Gasteiger partial charge in [-0.1, -0.05) is 42.5 Å². The van der Waals surface area contributed by atoms with Crippen LogP contribution in [-0.2, 0) is 0 Å². The molecule has 0 spiro atoms. The van der Waals surface area contributed by atoms with E-state index in [0.29, 0.717) is 10.6 Å². The zero-order chi connectivity index (χ0) is 12.5. The van der Waals surface area contributed by atoms with Gasteiger partial charge in [0.2, 0.25) is 0 Å². The predicted molar refractivity (Wildman–Crippen MR) is 75.9 cm³/mol. The van der Waals surface area contributed by atoms with E-state index in [1.165, 1.54) is 11.3 Å². The monoisotopic (exact) mass is 253 g/mol. The largest absolute Gasteiger partial charge is 0.506 e. The van der Waals surface area contributed by atoms with E-state index in [1.54, 1.807) is 0 Å². The molecule has 0 radical (unpaired) electrons. The Kier molecular flexibility index (Phi) is 2.61. The van der Waals surface area contributed by atoms with Gasteiger partial charge in [0.25, 0.3) is 0 Å². The Labute approximate surface area is 109 Å². The number of nitrogens with one attached hydrogen (secondary N) is 1. The molecule has 18 heavy (non-hydrogen) atoms. The minimum atomic E-state index is 0.212. The zero-order valence-electron chi connectivity index (χ0n) is 9.55. The van der Waals surface area contributed by atoms with Gasteiger partial charge in [0.15, 0.2) is 0 Å². The van der Waals surface area contributed by atoms with E-state index in [-0.39, 0.29) is 5.75 Å². The van der Waals surface area contributed by atoms with E-state index < -0.39 is 0 Å². The molecular weight excluding hydrogens is 242 g/mol. The van der Waals surface area contributed by atoms with E-state index in [2.05, 4.69) is 0 Å². The van der Waals surface area contributed by atoms with Crippen LogP contribution in [0.4, 0.5) is 0 Å². The standard InChI is InChI=1S/C15H11NOS/c16-13(10-6-2-1-3-7-10)15-14(17)11-8-4-5-9-12(11)18-15/h1-9,16-17H. The summed E-state index contributed by atoms with van der Waals surface area (Å²) >= 11 is 1.45. The smallest absolute Gasteiger partial charge is 0.143 e. The van der Waals surface area contributed by atoms with Crippen LogP contribution < -0.4 is 0 Å². The second-order valence-corrected chi connectivity index (χ2v) is 5.07. The molecule has 0 saturated carbocycles. The van der Waals surface area contributed by atoms with Gasteiger partial charge >= 0.3 is 0 Å². The topological polar surface area (TPSA) is 44.1 Å². The first-order valence-electron chi connectivity index (χ1n) is 5.62. The Bertz CT molecular complexity index is 716. The van der Waals surface area contributed by atoms with Gasteiger partial charge in [0.05, 0.1) is 10.6 Å². The molecule has 0 unspecified atom stereocenters. The number of fused-ring (bicyclic) bond motifs is 1. The maximum absolute atomic E-state index is 10.2. The van der Waals surface area contributed by atoms with E-state index in [4.69, 9.17) is 5.41 Å². The number of hydrogen-bond donors (Lipinski definition) is 2. The molecule has 2 N–H and O–H groups in total. The van der Waals surface area contributed by atoms with E-state index in [0.717, 1.165) is 15.6 Å². The lowest BCUT2D eigenvalue weighted by Gasteiger charge is -2.01. The molecule has 88 valence electrons. The minimum absolute atomic E-state index is 0.212. The van der Waals surface area contributed by atoms with Crippen LogP contribution in [0.5, 0.6) is 5.75 Å². The Morgan fingerprint density at radius 3 is 2.33 bits per heavy atom. The first-order chi connectivity index (χ1) is 8.77. The summed E-state index contributed by atoms with van der Waals surface area (Å²) in [5.41, 5.74) is 1.19. The molecule has 2 nitrogen and oxygen atoms in total. The van der Waals surface area contributed by atoms with Crippen LogP contribution in [0.15, 0.2) is 54.6 Å². The van der Waals surface area contributed by atoms with Gasteiger partial charge in [0.1, 0.15) is 5.75 Å². The van der Waals surface area contributed by atoms with Crippen LogP contribution in [0.2, 0.25) is 0 Å². The molecule has 0 aliphatic rings. The van der Waals surface area contributed by atoms with Crippen molar-refractivity contribution in [1.29, 1.82) is 5.41 Å². The number of rotatable bonds is 2. The summed E-state index contributed by atoms with van der Waals surface area (Å²) in [5.74, 6) is 0.212. The SMILES string of the molecule is N=C(c1ccccc1)c1sc2ccccc2c1O. The lowest BCUT2D eigenvalue weighted by Crippen LogP contribution is -1.97. The van der Waals surface area contributed by atoms with Crippen molar-refractivity contribution in [2.45, 2.75) is 0 Å². The summed E-state index contributed by atoms with van der Waals surface area (Å²) in [5, 5.41) is 19.2. The first kappa shape index (κ1) is 11.0. The van der Waals surface area contributed by atoms with Gasteiger partial charge in [-0.2, -0.15) is 0 Å². The van der Waals surface area contributed by atoms with Crippen molar-refractivity contribution in [1.82, 2.24) is 0 Å². The van der Waals surface area contributed by atoms with Crippen molar-refractivity contribution in [3.8, 4) is 5.75 Å². The average Bonchev–Trinajstić information content (AvgIpc) is 2.77. The van der Waals surface area contributed by atoms with Crippen molar-refractivity contribution in [3.63, 3.8) is 0 Å². The van der Waals surface area contributed by atoms with Gasteiger partial charge in [0, 0.05) is 15.6 Å². The van der Waals surface area contributed by atoms with Gasteiger partial charge in [-0.05, 0) is 12.1 Å². The Hall–Kier alpha value is -2.13. The molecule has 1 aromatic heterocycles. The molecule has 0 aliphatic carbocycles. The molecule has 2 aromatic carbocycles. The second-order valence-electron chi connectivity index (χ2n) is 4.02. The third-order valence-corrected chi connectivity index (χ3v) is 4.04. The fraction of sp³-hybridized carbons (Fsp3) is 0. The summed E-state index contributed by atoms with van der Waals surface area (Å²) in [6, 6.07) is 17.1. The first-order valence-corrected chi connectivity index (χ1v) is 6.44. The molecule has 0 fully saturated rings. The molecule has 1 heterocycles. The number of benzene rings is 2. The molecule has 3 aromatic rings. The quantitative estimate of drug-likeness (QED) is 0.665. The maximum Gasteiger partial charge on any atom is 0.143 e. The van der Waals surface area contributed by atoms with Crippen molar-refractivity contribution in [2.24, 2.45) is 0 Å². The minimum Gasteiger partial charge on any atom is -0.506 e. The average molecular weight is 253 g/mol. The Morgan fingerprint density at radius 2 is 1.61 bits per heavy atom. The van der Waals surface area contributed by atoms with Gasteiger partial charge in [-0.3, -0.25) is 5.41 Å². The van der Waals surface area contributed by atoms with E-state index >= 15 is 0 Å². The lowest BCUT2D eigenvalue weighted by atomic mass is 10.1. The van der Waals surface area contributed by atoms with Gasteiger partial charge in [-0.15, -0.1) is 11.3 Å². The van der Waals surface area contributed by atoms with Gasteiger partial charge < -0.3 is 5.11 Å². The molecule has 0 bridgehead atoms. The summed E-state index contributed by atoms with van der Waals surface area (Å²) in [4.78, 5) is 0.627. The Balaban J connectivity index is 2.15. The highest BCUT2D eigenvalue weighted by Crippen LogP contribution is 2.37. The molecule has 0 amide bonds. The molecule has 3 rings (SSSR count). The Morgan fingerprint density at radius 1 is 0.944 bits per heavy atom. The van der Waals surface area contributed by atoms with Crippen molar-refractivity contribution < 1.29 is 5.11 Å². The molecule has 0 saturated heterocycles. The highest BCUT2D eigenvalue weighted by molar-refractivity contribution is 7.21. The van der Waals surface area contributed by atoms with Crippen molar-refractivity contribution in [3.05, 3.63) is 65.0 Å². The van der Waals surface area contributed by atoms with Crippen LogP contribution in [0.25, 0.3) is 10.1 Å². The number of aromatic hydroxyl groups is 1. The second kappa shape index (κ2) is 4.27. The number of thiophene rings is 1. The highest BCUT2D eigenvalue weighted by Gasteiger charge is 2.15. The van der Waals surface area contributed by atoms with Crippen LogP contribution in [0.3, 0.4) is 0 Å². The summed E-state index contributed by atoms with van der Waals surface area (Å²) < 4.78 is 1.01. The van der Waals surface area contributed by atoms with Crippen molar-refractivity contribution in [2.75, 3.05) is 0 Å². The van der Waals surface area contributed by atoms with Crippen LogP contribution in [0, 0.1) is 5.41 Å². The van der Waals surface area contributed by atoms with Crippen LogP contribution in [0.1, 0.15) is 10.4 Å². The highest BCUT2D eigenvalue weighted by atomic mass is 32.1. The molecule has 0 atom stereocenters. The van der Waals surface area contributed by atoms with Crippen LogP contribution >= 0.6 is 11.3 Å². The van der Waals surface area contributed by atoms with E-state index in [9.17, 15) is 5.11 Å². The predicted octanol–water partition coefficient (Wildman–Crippen LogP) is 4.02. The molecular formula is C15H11NOS. The zero-order valence-corrected chi connectivity index (χ0v) is 10.4. The lowest BCUT2D eigenvalue weighted by molar-refractivity contribution is 0.482. The van der Waals surface area contributed by atoms with Crippen LogP contribution in [-0.4, -0.2) is 10.8 Å². The number of hydrogen-bond acceptors (Lipinski definition) is 3.